The third-order valence-electron chi connectivity index (χ3n) is 3.18. The average Bonchev–Trinajstić information content (AvgIpc) is 2.78. The number of hydrogen-bond donors (Lipinski definition) is 1. The lowest BCUT2D eigenvalue weighted by atomic mass is 10.0. The summed E-state index contributed by atoms with van der Waals surface area (Å²) in [6.07, 6.45) is 2.85. The maximum Gasteiger partial charge on any atom is 0.323 e. The fourth-order valence-corrected chi connectivity index (χ4v) is 2.80. The summed E-state index contributed by atoms with van der Waals surface area (Å²) in [7, 11) is 0. The Bertz CT molecular complexity index is 422. The van der Waals surface area contributed by atoms with Crippen LogP contribution in [0.2, 0.25) is 0 Å². The first kappa shape index (κ1) is 13.6. The number of hydrogen-bond acceptors (Lipinski definition) is 3. The molecule has 0 amide bonds. The second kappa shape index (κ2) is 6.34. The highest BCUT2D eigenvalue weighted by atomic mass is 79.9. The van der Waals surface area contributed by atoms with Crippen molar-refractivity contribution in [3.05, 3.63) is 34.3 Å². The first-order valence-corrected chi connectivity index (χ1v) is 7.15. The molecule has 3 nitrogen and oxygen atoms in total. The van der Waals surface area contributed by atoms with Crippen molar-refractivity contribution in [1.29, 1.82) is 0 Å². The Morgan fingerprint density at radius 1 is 1.50 bits per heavy atom. The number of rotatable bonds is 4. The lowest BCUT2D eigenvalue weighted by Crippen LogP contribution is -2.37. The van der Waals surface area contributed by atoms with Crippen molar-refractivity contribution >= 4 is 21.9 Å². The Morgan fingerprint density at radius 3 is 3.06 bits per heavy atom. The summed E-state index contributed by atoms with van der Waals surface area (Å²) < 4.78 is 6.13. The topological polar surface area (TPSA) is 38.3 Å². The number of carbonyl (C=O) groups excluding carboxylic acids is 1. The second-order valence-corrected chi connectivity index (χ2v) is 5.50. The summed E-state index contributed by atoms with van der Waals surface area (Å²) in [6.45, 7) is 2.29. The fourth-order valence-electron chi connectivity index (χ4n) is 2.36. The van der Waals surface area contributed by atoms with Crippen LogP contribution in [-0.4, -0.2) is 24.7 Å². The molecule has 1 N–H and O–H groups in total. The first-order valence-electron chi connectivity index (χ1n) is 6.36. The molecule has 0 aliphatic carbocycles. The van der Waals surface area contributed by atoms with Gasteiger partial charge in [-0.25, -0.2) is 0 Å². The summed E-state index contributed by atoms with van der Waals surface area (Å²) in [5.74, 6) is -0.116. The Balaban J connectivity index is 1.88. The van der Waals surface area contributed by atoms with Crippen LogP contribution in [0, 0.1) is 0 Å². The zero-order valence-electron chi connectivity index (χ0n) is 10.5. The van der Waals surface area contributed by atoms with Gasteiger partial charge >= 0.3 is 5.97 Å². The highest BCUT2D eigenvalue weighted by Crippen LogP contribution is 2.19. The van der Waals surface area contributed by atoms with Crippen LogP contribution in [0.5, 0.6) is 0 Å². The molecule has 2 unspecified atom stereocenters. The Kier molecular flexibility index (Phi) is 4.78. The molecule has 2 rings (SSSR count). The van der Waals surface area contributed by atoms with Crippen molar-refractivity contribution in [3.63, 3.8) is 0 Å². The molecule has 0 aromatic heterocycles. The summed E-state index contributed by atoms with van der Waals surface area (Å²) in [5, 5.41) is 3.35. The van der Waals surface area contributed by atoms with Gasteiger partial charge in [-0.3, -0.25) is 4.79 Å². The van der Waals surface area contributed by atoms with E-state index in [1.54, 1.807) is 0 Å². The lowest BCUT2D eigenvalue weighted by Gasteiger charge is -2.13. The van der Waals surface area contributed by atoms with Gasteiger partial charge in [-0.2, -0.15) is 0 Å². The molecule has 0 radical (unpaired) electrons. The van der Waals surface area contributed by atoms with Crippen molar-refractivity contribution in [2.45, 2.75) is 38.3 Å². The van der Waals surface area contributed by atoms with Gasteiger partial charge in [0.25, 0.3) is 0 Å². The quantitative estimate of drug-likeness (QED) is 0.869. The molecule has 1 aliphatic heterocycles. The molecular weight excluding hydrogens is 294 g/mol. The predicted octanol–water partition coefficient (Wildman–Crippen LogP) is 2.68. The van der Waals surface area contributed by atoms with Gasteiger partial charge in [0.2, 0.25) is 0 Å². The molecule has 0 spiro atoms. The highest BCUT2D eigenvalue weighted by molar-refractivity contribution is 9.10. The van der Waals surface area contributed by atoms with Crippen molar-refractivity contribution in [1.82, 2.24) is 5.32 Å². The van der Waals surface area contributed by atoms with Gasteiger partial charge in [-0.15, -0.1) is 0 Å². The van der Waals surface area contributed by atoms with Gasteiger partial charge in [0.05, 0.1) is 6.61 Å². The maximum atomic E-state index is 11.6. The van der Waals surface area contributed by atoms with Gasteiger partial charge in [0.15, 0.2) is 0 Å². The highest BCUT2D eigenvalue weighted by Gasteiger charge is 2.29. The molecule has 1 fully saturated rings. The third kappa shape index (κ3) is 3.56. The van der Waals surface area contributed by atoms with E-state index in [-0.39, 0.29) is 12.0 Å². The summed E-state index contributed by atoms with van der Waals surface area (Å²) >= 11 is 3.47. The van der Waals surface area contributed by atoms with Gasteiger partial charge in [-0.05, 0) is 43.9 Å². The molecule has 4 heteroatoms. The number of carbonyl (C=O) groups is 1. The Hall–Kier alpha value is -0.870. The van der Waals surface area contributed by atoms with Gasteiger partial charge in [0, 0.05) is 10.5 Å². The molecule has 1 saturated heterocycles. The molecule has 0 bridgehead atoms. The number of halogens is 1. The van der Waals surface area contributed by atoms with Crippen LogP contribution in [0.1, 0.15) is 25.3 Å². The Morgan fingerprint density at radius 2 is 2.33 bits per heavy atom. The van der Waals surface area contributed by atoms with Crippen molar-refractivity contribution in [2.24, 2.45) is 0 Å². The van der Waals surface area contributed by atoms with Crippen molar-refractivity contribution in [3.8, 4) is 0 Å². The summed E-state index contributed by atoms with van der Waals surface area (Å²) in [5.41, 5.74) is 1.28. The third-order valence-corrected chi connectivity index (χ3v) is 3.68. The Labute approximate surface area is 116 Å². The predicted molar refractivity (Wildman–Crippen MR) is 74.4 cm³/mol. The molecular formula is C14H18BrNO2. The molecule has 1 aromatic carbocycles. The molecule has 18 heavy (non-hydrogen) atoms. The number of nitrogens with one attached hydrogen (secondary N) is 1. The standard InChI is InChI=1S/C14H18BrNO2/c1-2-18-14(17)13-7-6-12(16-13)9-10-4-3-5-11(15)8-10/h3-5,8,12-13,16H,2,6-7,9H2,1H3. The van der Waals surface area contributed by atoms with Crippen LogP contribution in [0.15, 0.2) is 28.7 Å². The van der Waals surface area contributed by atoms with E-state index in [1.807, 2.05) is 19.1 Å². The van der Waals surface area contributed by atoms with Crippen LogP contribution in [0.4, 0.5) is 0 Å². The first-order chi connectivity index (χ1) is 8.69. The second-order valence-electron chi connectivity index (χ2n) is 4.58. The van der Waals surface area contributed by atoms with Crippen molar-refractivity contribution in [2.75, 3.05) is 6.61 Å². The van der Waals surface area contributed by atoms with E-state index in [0.717, 1.165) is 23.7 Å². The zero-order chi connectivity index (χ0) is 13.0. The number of esters is 1. The normalized spacial score (nSPS) is 23.0. The van der Waals surface area contributed by atoms with Crippen LogP contribution < -0.4 is 5.32 Å². The van der Waals surface area contributed by atoms with Gasteiger partial charge in [0.1, 0.15) is 6.04 Å². The van der Waals surface area contributed by atoms with E-state index in [4.69, 9.17) is 4.74 Å². The van der Waals surface area contributed by atoms with E-state index in [1.165, 1.54) is 5.56 Å². The van der Waals surface area contributed by atoms with Crippen molar-refractivity contribution < 1.29 is 9.53 Å². The molecule has 1 aromatic rings. The smallest absolute Gasteiger partial charge is 0.323 e. The molecule has 1 aliphatic rings. The molecule has 2 atom stereocenters. The summed E-state index contributed by atoms with van der Waals surface area (Å²) in [6, 6.07) is 8.55. The monoisotopic (exact) mass is 311 g/mol. The molecule has 98 valence electrons. The number of benzene rings is 1. The van der Waals surface area contributed by atoms with Gasteiger partial charge in [-0.1, -0.05) is 28.1 Å². The van der Waals surface area contributed by atoms with E-state index in [2.05, 4.69) is 33.4 Å². The fraction of sp³-hybridized carbons (Fsp3) is 0.500. The minimum atomic E-state index is -0.123. The SMILES string of the molecule is CCOC(=O)C1CCC(Cc2cccc(Br)c2)N1. The minimum Gasteiger partial charge on any atom is -0.465 e. The van der Waals surface area contributed by atoms with E-state index in [0.29, 0.717) is 12.6 Å². The lowest BCUT2D eigenvalue weighted by molar-refractivity contribution is -0.145. The van der Waals surface area contributed by atoms with Crippen LogP contribution in [0.3, 0.4) is 0 Å². The minimum absolute atomic E-state index is 0.116. The molecule has 1 heterocycles. The zero-order valence-corrected chi connectivity index (χ0v) is 12.1. The van der Waals surface area contributed by atoms with Crippen LogP contribution in [0.25, 0.3) is 0 Å². The average molecular weight is 312 g/mol. The van der Waals surface area contributed by atoms with Crippen LogP contribution in [-0.2, 0) is 16.0 Å². The van der Waals surface area contributed by atoms with E-state index in [9.17, 15) is 4.79 Å². The van der Waals surface area contributed by atoms with Crippen LogP contribution >= 0.6 is 15.9 Å². The van der Waals surface area contributed by atoms with E-state index < -0.39 is 0 Å². The van der Waals surface area contributed by atoms with E-state index >= 15 is 0 Å². The maximum absolute atomic E-state index is 11.6. The summed E-state index contributed by atoms with van der Waals surface area (Å²) in [4.78, 5) is 11.6. The van der Waals surface area contributed by atoms with Gasteiger partial charge < -0.3 is 10.1 Å². The largest absolute Gasteiger partial charge is 0.465 e. The molecule has 0 saturated carbocycles. The number of ether oxygens (including phenoxy) is 1.